The summed E-state index contributed by atoms with van der Waals surface area (Å²) in [5.41, 5.74) is 0. The number of hydrogen-bond acceptors (Lipinski definition) is 7. The number of carbonyl (C=O) groups is 2. The van der Waals surface area contributed by atoms with Gasteiger partial charge in [-0.25, -0.2) is 9.59 Å². The Hall–Kier alpha value is -0.530. The highest BCUT2D eigenvalue weighted by Gasteiger charge is 2.27. The zero-order valence-electron chi connectivity index (χ0n) is 17.2. The second kappa shape index (κ2) is 14.5. The molecule has 4 nitrogen and oxygen atoms in total. The zero-order valence-corrected chi connectivity index (χ0v) is 19.7. The van der Waals surface area contributed by atoms with E-state index >= 15 is 0 Å². The SMILES string of the molecule is C=CC(=O)OCCSC1CCC(SC2CCC(SCCOC(=O)C=C)CC2)CC1. The average molecular weight is 459 g/mol. The second-order valence-corrected chi connectivity index (χ2v) is 11.8. The summed E-state index contributed by atoms with van der Waals surface area (Å²) < 4.78 is 10.1. The summed E-state index contributed by atoms with van der Waals surface area (Å²) >= 11 is 6.14. The summed E-state index contributed by atoms with van der Waals surface area (Å²) in [6.45, 7) is 7.80. The van der Waals surface area contributed by atoms with Crippen molar-refractivity contribution in [2.24, 2.45) is 0 Å². The van der Waals surface area contributed by atoms with E-state index in [1.807, 2.05) is 23.5 Å². The molecule has 0 radical (unpaired) electrons. The topological polar surface area (TPSA) is 52.6 Å². The molecule has 0 heterocycles. The van der Waals surface area contributed by atoms with Gasteiger partial charge in [0.05, 0.1) is 0 Å². The fourth-order valence-corrected chi connectivity index (χ4v) is 7.64. The van der Waals surface area contributed by atoms with Crippen LogP contribution in [-0.2, 0) is 19.1 Å². The lowest BCUT2D eigenvalue weighted by Gasteiger charge is -2.33. The third-order valence-electron chi connectivity index (χ3n) is 5.32. The first-order valence-corrected chi connectivity index (χ1v) is 13.6. The van der Waals surface area contributed by atoms with Crippen LogP contribution in [-0.4, -0.2) is 57.7 Å². The van der Waals surface area contributed by atoms with Crippen molar-refractivity contribution in [3.8, 4) is 0 Å². The minimum Gasteiger partial charge on any atom is -0.462 e. The molecule has 7 heteroatoms. The van der Waals surface area contributed by atoms with Crippen LogP contribution in [0.2, 0.25) is 0 Å². The predicted molar refractivity (Wildman–Crippen MR) is 127 cm³/mol. The van der Waals surface area contributed by atoms with Gasteiger partial charge in [0, 0.05) is 44.7 Å². The van der Waals surface area contributed by atoms with Gasteiger partial charge in [0.15, 0.2) is 0 Å². The average Bonchev–Trinajstić information content (AvgIpc) is 2.76. The number of ether oxygens (including phenoxy) is 2. The molecule has 0 aromatic heterocycles. The molecule has 2 aliphatic rings. The maximum Gasteiger partial charge on any atom is 0.330 e. The van der Waals surface area contributed by atoms with E-state index in [0.717, 1.165) is 32.5 Å². The third kappa shape index (κ3) is 10.4. The maximum atomic E-state index is 11.0. The van der Waals surface area contributed by atoms with Gasteiger partial charge in [0.1, 0.15) is 13.2 Å². The fraction of sp³-hybridized carbons (Fsp3) is 0.727. The molecule has 2 saturated carbocycles. The summed E-state index contributed by atoms with van der Waals surface area (Å²) in [7, 11) is 0. The van der Waals surface area contributed by atoms with Crippen LogP contribution in [0.5, 0.6) is 0 Å². The van der Waals surface area contributed by atoms with Crippen molar-refractivity contribution >= 4 is 47.2 Å². The van der Waals surface area contributed by atoms with E-state index in [-0.39, 0.29) is 11.9 Å². The van der Waals surface area contributed by atoms with Crippen molar-refractivity contribution in [1.29, 1.82) is 0 Å². The summed E-state index contributed by atoms with van der Waals surface area (Å²) in [5.74, 6) is 1.12. The van der Waals surface area contributed by atoms with Gasteiger partial charge in [-0.1, -0.05) is 13.2 Å². The van der Waals surface area contributed by atoms with E-state index in [2.05, 4.69) is 24.9 Å². The Morgan fingerprint density at radius 3 is 1.38 bits per heavy atom. The van der Waals surface area contributed by atoms with Crippen molar-refractivity contribution in [1.82, 2.24) is 0 Å². The standard InChI is InChI=1S/C22H34O4S3/c1-3-21(23)25-13-15-27-17-5-9-19(10-6-17)29-20-11-7-18(8-12-20)28-16-14-26-22(24)4-2/h3-4,17-20H,1-2,5-16H2. The summed E-state index contributed by atoms with van der Waals surface area (Å²) in [4.78, 5) is 22.1. The highest BCUT2D eigenvalue weighted by molar-refractivity contribution is 8.01. The van der Waals surface area contributed by atoms with Crippen LogP contribution in [0.15, 0.2) is 25.3 Å². The van der Waals surface area contributed by atoms with Crippen LogP contribution < -0.4 is 0 Å². The Balaban J connectivity index is 1.50. The largest absolute Gasteiger partial charge is 0.462 e. The lowest BCUT2D eigenvalue weighted by molar-refractivity contribution is -0.138. The van der Waals surface area contributed by atoms with E-state index in [4.69, 9.17) is 9.47 Å². The number of thioether (sulfide) groups is 3. The van der Waals surface area contributed by atoms with Gasteiger partial charge in [-0.2, -0.15) is 35.3 Å². The summed E-state index contributed by atoms with van der Waals surface area (Å²) in [6, 6.07) is 0. The van der Waals surface area contributed by atoms with Crippen molar-refractivity contribution in [3.05, 3.63) is 25.3 Å². The van der Waals surface area contributed by atoms with Gasteiger partial charge < -0.3 is 9.47 Å². The Morgan fingerprint density at radius 1 is 0.690 bits per heavy atom. The summed E-state index contributed by atoms with van der Waals surface area (Å²) in [6.07, 6.45) is 12.9. The lowest BCUT2D eigenvalue weighted by atomic mass is 9.99. The molecule has 0 N–H and O–H groups in total. The van der Waals surface area contributed by atoms with Crippen molar-refractivity contribution in [3.63, 3.8) is 0 Å². The van der Waals surface area contributed by atoms with Crippen LogP contribution >= 0.6 is 35.3 Å². The molecule has 0 amide bonds. The molecular formula is C22H34O4S3. The monoisotopic (exact) mass is 458 g/mol. The lowest BCUT2D eigenvalue weighted by Crippen LogP contribution is -2.24. The molecule has 164 valence electrons. The van der Waals surface area contributed by atoms with Gasteiger partial charge in [-0.15, -0.1) is 0 Å². The quantitative estimate of drug-likeness (QED) is 0.224. The fourth-order valence-electron chi connectivity index (χ4n) is 3.77. The molecular weight excluding hydrogens is 424 g/mol. The van der Waals surface area contributed by atoms with E-state index in [1.54, 1.807) is 0 Å². The van der Waals surface area contributed by atoms with Crippen LogP contribution in [0.25, 0.3) is 0 Å². The van der Waals surface area contributed by atoms with E-state index < -0.39 is 0 Å². The highest BCUT2D eigenvalue weighted by atomic mass is 32.2. The molecule has 0 bridgehead atoms. The van der Waals surface area contributed by atoms with Gasteiger partial charge in [-0.3, -0.25) is 0 Å². The van der Waals surface area contributed by atoms with E-state index in [1.165, 1.54) is 63.5 Å². The van der Waals surface area contributed by atoms with Crippen LogP contribution in [0.3, 0.4) is 0 Å². The number of rotatable bonds is 12. The molecule has 0 saturated heterocycles. The van der Waals surface area contributed by atoms with Crippen molar-refractivity contribution < 1.29 is 19.1 Å². The van der Waals surface area contributed by atoms with Crippen molar-refractivity contribution in [2.45, 2.75) is 72.4 Å². The molecule has 2 fully saturated rings. The van der Waals surface area contributed by atoms with Gasteiger partial charge in [-0.05, 0) is 51.4 Å². The normalized spacial score (nSPS) is 27.0. The molecule has 0 aromatic carbocycles. The Labute approximate surface area is 188 Å². The van der Waals surface area contributed by atoms with Gasteiger partial charge >= 0.3 is 11.9 Å². The van der Waals surface area contributed by atoms with Crippen LogP contribution in [0.4, 0.5) is 0 Å². The Bertz CT molecular complexity index is 478. The number of hydrogen-bond donors (Lipinski definition) is 0. The Kier molecular flexibility index (Phi) is 12.3. The minimum atomic E-state index is -0.324. The molecule has 0 spiro atoms. The molecule has 0 aliphatic heterocycles. The van der Waals surface area contributed by atoms with Crippen LogP contribution in [0, 0.1) is 0 Å². The zero-order chi connectivity index (χ0) is 20.9. The molecule has 0 aromatic rings. The maximum absolute atomic E-state index is 11.0. The Morgan fingerprint density at radius 2 is 1.03 bits per heavy atom. The second-order valence-electron chi connectivity index (χ2n) is 7.42. The smallest absolute Gasteiger partial charge is 0.330 e. The molecule has 0 unspecified atom stereocenters. The first-order valence-electron chi connectivity index (χ1n) is 10.6. The molecule has 0 atom stereocenters. The first kappa shape index (κ1) is 24.7. The molecule has 2 rings (SSSR count). The van der Waals surface area contributed by atoms with Crippen LogP contribution in [0.1, 0.15) is 51.4 Å². The highest BCUT2D eigenvalue weighted by Crippen LogP contribution is 2.41. The molecule has 29 heavy (non-hydrogen) atoms. The van der Waals surface area contributed by atoms with Gasteiger partial charge in [0.25, 0.3) is 0 Å². The third-order valence-corrected chi connectivity index (χ3v) is 9.73. The minimum absolute atomic E-state index is 0.324. The molecule has 2 aliphatic carbocycles. The van der Waals surface area contributed by atoms with Gasteiger partial charge in [0.2, 0.25) is 0 Å². The number of esters is 2. The van der Waals surface area contributed by atoms with E-state index in [0.29, 0.717) is 13.2 Å². The van der Waals surface area contributed by atoms with Crippen molar-refractivity contribution in [2.75, 3.05) is 24.7 Å². The van der Waals surface area contributed by atoms with E-state index in [9.17, 15) is 9.59 Å². The number of carbonyl (C=O) groups excluding carboxylic acids is 2. The first-order chi connectivity index (χ1) is 14.1. The predicted octanol–water partition coefficient (Wildman–Crippen LogP) is 5.27. The summed E-state index contributed by atoms with van der Waals surface area (Å²) in [5, 5.41) is 3.07.